The SMILES string of the molecule is CCOOC(=O)C(C)C(=O)C(C)(C)C. The zero-order valence-electron chi connectivity index (χ0n) is 9.42. The standard InChI is InChI=1S/C10H18O4/c1-6-13-14-9(12)7(2)8(11)10(3,4)5/h7H,6H2,1-5H3. The summed E-state index contributed by atoms with van der Waals surface area (Å²) < 4.78 is 0. The molecule has 0 bridgehead atoms. The van der Waals surface area contributed by atoms with Crippen molar-refractivity contribution in [2.45, 2.75) is 34.6 Å². The molecule has 0 spiro atoms. The van der Waals surface area contributed by atoms with Gasteiger partial charge in [0, 0.05) is 5.41 Å². The molecule has 0 aromatic carbocycles. The lowest BCUT2D eigenvalue weighted by molar-refractivity contribution is -0.272. The second-order valence-electron chi connectivity index (χ2n) is 4.14. The molecule has 0 aromatic heterocycles. The number of hydrogen-bond donors (Lipinski definition) is 0. The highest BCUT2D eigenvalue weighted by atomic mass is 17.2. The van der Waals surface area contributed by atoms with E-state index in [1.165, 1.54) is 6.92 Å². The van der Waals surface area contributed by atoms with E-state index in [1.807, 2.05) is 0 Å². The topological polar surface area (TPSA) is 52.6 Å². The molecule has 4 heteroatoms. The lowest BCUT2D eigenvalue weighted by Gasteiger charge is -2.19. The zero-order valence-corrected chi connectivity index (χ0v) is 9.42. The van der Waals surface area contributed by atoms with Crippen LogP contribution in [0.2, 0.25) is 0 Å². The Bertz CT molecular complexity index is 215. The van der Waals surface area contributed by atoms with Gasteiger partial charge in [0.05, 0.1) is 6.61 Å². The molecule has 0 fully saturated rings. The third-order valence-electron chi connectivity index (χ3n) is 1.74. The first-order chi connectivity index (χ1) is 6.30. The minimum Gasteiger partial charge on any atom is -0.298 e. The molecule has 0 aliphatic carbocycles. The molecule has 82 valence electrons. The van der Waals surface area contributed by atoms with Crippen LogP contribution in [0.15, 0.2) is 0 Å². The fourth-order valence-corrected chi connectivity index (χ4v) is 0.946. The zero-order chi connectivity index (χ0) is 11.4. The van der Waals surface area contributed by atoms with Crippen LogP contribution in [0.4, 0.5) is 0 Å². The van der Waals surface area contributed by atoms with Gasteiger partial charge in [0.15, 0.2) is 5.78 Å². The van der Waals surface area contributed by atoms with Crippen LogP contribution in [0, 0.1) is 11.3 Å². The van der Waals surface area contributed by atoms with Crippen molar-refractivity contribution in [2.75, 3.05) is 6.61 Å². The third kappa shape index (κ3) is 3.87. The van der Waals surface area contributed by atoms with E-state index in [9.17, 15) is 9.59 Å². The van der Waals surface area contributed by atoms with E-state index in [2.05, 4.69) is 9.78 Å². The van der Waals surface area contributed by atoms with Crippen molar-refractivity contribution in [1.29, 1.82) is 0 Å². The van der Waals surface area contributed by atoms with Crippen molar-refractivity contribution in [2.24, 2.45) is 11.3 Å². The van der Waals surface area contributed by atoms with Crippen LogP contribution < -0.4 is 0 Å². The van der Waals surface area contributed by atoms with Gasteiger partial charge in [-0.3, -0.25) is 9.68 Å². The van der Waals surface area contributed by atoms with Crippen LogP contribution in [0.25, 0.3) is 0 Å². The molecule has 1 unspecified atom stereocenters. The maximum absolute atomic E-state index is 11.6. The Morgan fingerprint density at radius 3 is 2.14 bits per heavy atom. The number of carbonyl (C=O) groups is 2. The first-order valence-corrected chi connectivity index (χ1v) is 4.68. The van der Waals surface area contributed by atoms with Crippen LogP contribution >= 0.6 is 0 Å². The number of ketones is 1. The predicted molar refractivity (Wildman–Crippen MR) is 51.3 cm³/mol. The van der Waals surface area contributed by atoms with Gasteiger partial charge in [-0.25, -0.2) is 4.79 Å². The number of hydrogen-bond acceptors (Lipinski definition) is 4. The molecular formula is C10H18O4. The Morgan fingerprint density at radius 1 is 1.29 bits per heavy atom. The summed E-state index contributed by atoms with van der Waals surface area (Å²) in [7, 11) is 0. The molecule has 0 N–H and O–H groups in total. The molecule has 1 atom stereocenters. The van der Waals surface area contributed by atoms with E-state index in [0.29, 0.717) is 0 Å². The first-order valence-electron chi connectivity index (χ1n) is 4.68. The van der Waals surface area contributed by atoms with E-state index in [1.54, 1.807) is 27.7 Å². The van der Waals surface area contributed by atoms with Crippen molar-refractivity contribution in [3.63, 3.8) is 0 Å². The second-order valence-corrected chi connectivity index (χ2v) is 4.14. The van der Waals surface area contributed by atoms with Crippen molar-refractivity contribution < 1.29 is 19.4 Å². The normalized spacial score (nSPS) is 13.5. The quantitative estimate of drug-likeness (QED) is 0.396. The van der Waals surface area contributed by atoms with Gasteiger partial charge in [-0.2, -0.15) is 4.89 Å². The predicted octanol–water partition coefficient (Wildman–Crippen LogP) is 1.73. The van der Waals surface area contributed by atoms with Crippen LogP contribution in [0.5, 0.6) is 0 Å². The number of rotatable bonds is 4. The Labute approximate surface area is 84.5 Å². The van der Waals surface area contributed by atoms with E-state index in [0.717, 1.165) is 0 Å². The van der Waals surface area contributed by atoms with Gasteiger partial charge in [0.1, 0.15) is 5.92 Å². The Morgan fingerprint density at radius 2 is 1.79 bits per heavy atom. The third-order valence-corrected chi connectivity index (χ3v) is 1.74. The van der Waals surface area contributed by atoms with Gasteiger partial charge < -0.3 is 0 Å². The highest BCUT2D eigenvalue weighted by Crippen LogP contribution is 2.20. The summed E-state index contributed by atoms with van der Waals surface area (Å²) in [5.41, 5.74) is -0.537. The smallest absolute Gasteiger partial charge is 0.298 e. The Kier molecular flexibility index (Phi) is 4.77. The molecule has 4 nitrogen and oxygen atoms in total. The van der Waals surface area contributed by atoms with Gasteiger partial charge in [0.2, 0.25) is 0 Å². The van der Waals surface area contributed by atoms with E-state index in [4.69, 9.17) is 0 Å². The fourth-order valence-electron chi connectivity index (χ4n) is 0.946. The number of Topliss-reactive ketones (excluding diaryl/α,β-unsaturated/α-hetero) is 1. The van der Waals surface area contributed by atoms with Crippen molar-refractivity contribution in [3.8, 4) is 0 Å². The van der Waals surface area contributed by atoms with Crippen molar-refractivity contribution >= 4 is 11.8 Å². The summed E-state index contributed by atoms with van der Waals surface area (Å²) in [6.07, 6.45) is 0. The summed E-state index contributed by atoms with van der Waals surface area (Å²) in [6, 6.07) is 0. The number of carbonyl (C=O) groups excluding carboxylic acids is 2. The molecule has 0 aromatic rings. The maximum Gasteiger partial charge on any atom is 0.352 e. The molecule has 0 aliphatic rings. The minimum atomic E-state index is -0.776. The highest BCUT2D eigenvalue weighted by Gasteiger charge is 2.32. The molecule has 14 heavy (non-hydrogen) atoms. The summed E-state index contributed by atoms with van der Waals surface area (Å²) in [5.74, 6) is -1.56. The molecular weight excluding hydrogens is 184 g/mol. The summed E-state index contributed by atoms with van der Waals surface area (Å²) in [4.78, 5) is 31.7. The Balaban J connectivity index is 4.26. The molecule has 0 saturated heterocycles. The summed E-state index contributed by atoms with van der Waals surface area (Å²) >= 11 is 0. The van der Waals surface area contributed by atoms with Crippen molar-refractivity contribution in [1.82, 2.24) is 0 Å². The van der Waals surface area contributed by atoms with Gasteiger partial charge >= 0.3 is 5.97 Å². The van der Waals surface area contributed by atoms with Gasteiger partial charge in [-0.05, 0) is 13.8 Å². The minimum absolute atomic E-state index is 0.151. The second kappa shape index (κ2) is 5.10. The molecule has 0 rings (SSSR count). The highest BCUT2D eigenvalue weighted by molar-refractivity contribution is 6.00. The van der Waals surface area contributed by atoms with E-state index in [-0.39, 0.29) is 12.4 Å². The van der Waals surface area contributed by atoms with Crippen LogP contribution in [-0.4, -0.2) is 18.4 Å². The first kappa shape index (κ1) is 13.1. The van der Waals surface area contributed by atoms with E-state index >= 15 is 0 Å². The van der Waals surface area contributed by atoms with Crippen LogP contribution in [-0.2, 0) is 19.4 Å². The van der Waals surface area contributed by atoms with Gasteiger partial charge in [0.25, 0.3) is 0 Å². The molecule has 0 amide bonds. The summed E-state index contributed by atoms with van der Waals surface area (Å²) in [5, 5.41) is 0. The molecule has 0 radical (unpaired) electrons. The summed E-state index contributed by atoms with van der Waals surface area (Å²) in [6.45, 7) is 8.79. The van der Waals surface area contributed by atoms with Crippen LogP contribution in [0.3, 0.4) is 0 Å². The monoisotopic (exact) mass is 202 g/mol. The lowest BCUT2D eigenvalue weighted by Crippen LogP contribution is -2.32. The van der Waals surface area contributed by atoms with Crippen molar-refractivity contribution in [3.05, 3.63) is 0 Å². The van der Waals surface area contributed by atoms with E-state index < -0.39 is 17.3 Å². The molecule has 0 saturated carbocycles. The van der Waals surface area contributed by atoms with Gasteiger partial charge in [-0.15, -0.1) is 0 Å². The fraction of sp³-hybridized carbons (Fsp3) is 0.800. The average molecular weight is 202 g/mol. The van der Waals surface area contributed by atoms with Gasteiger partial charge in [-0.1, -0.05) is 20.8 Å². The largest absolute Gasteiger partial charge is 0.352 e. The maximum atomic E-state index is 11.6. The average Bonchev–Trinajstić information content (AvgIpc) is 2.10. The van der Waals surface area contributed by atoms with Crippen LogP contribution in [0.1, 0.15) is 34.6 Å². The lowest BCUT2D eigenvalue weighted by atomic mass is 9.84. The molecule has 0 aliphatic heterocycles. The molecule has 0 heterocycles. The Hall–Kier alpha value is -0.900.